The molecular formula is C18H21NO3S2. The highest BCUT2D eigenvalue weighted by Crippen LogP contribution is 2.20. The lowest BCUT2D eigenvalue weighted by Gasteiger charge is -2.11. The molecule has 4 nitrogen and oxygen atoms in total. The van der Waals surface area contributed by atoms with Gasteiger partial charge in [-0.25, -0.2) is 0 Å². The van der Waals surface area contributed by atoms with Crippen LogP contribution < -0.4 is 10.1 Å². The summed E-state index contributed by atoms with van der Waals surface area (Å²) < 4.78 is 5.37. The number of carbonyl (C=O) groups is 2. The highest BCUT2D eigenvalue weighted by Gasteiger charge is 2.15. The Bertz CT molecular complexity index is 653. The van der Waals surface area contributed by atoms with Crippen LogP contribution in [0.2, 0.25) is 0 Å². The topological polar surface area (TPSA) is 55.4 Å². The third-order valence-electron chi connectivity index (χ3n) is 3.27. The molecule has 0 aliphatic rings. The Morgan fingerprint density at radius 2 is 2.00 bits per heavy atom. The van der Waals surface area contributed by atoms with E-state index in [4.69, 9.17) is 4.74 Å². The Balaban J connectivity index is 1.85. The van der Waals surface area contributed by atoms with Gasteiger partial charge in [0.2, 0.25) is 0 Å². The first-order valence-corrected chi connectivity index (χ1v) is 9.81. The van der Waals surface area contributed by atoms with E-state index in [9.17, 15) is 9.59 Å². The second-order valence-electron chi connectivity index (χ2n) is 5.24. The van der Waals surface area contributed by atoms with E-state index in [2.05, 4.69) is 12.2 Å². The van der Waals surface area contributed by atoms with Crippen molar-refractivity contribution in [1.29, 1.82) is 0 Å². The summed E-state index contributed by atoms with van der Waals surface area (Å²) in [5.74, 6) is 1.06. The van der Waals surface area contributed by atoms with Gasteiger partial charge < -0.3 is 10.1 Å². The molecular weight excluding hydrogens is 342 g/mol. The van der Waals surface area contributed by atoms with Crippen LogP contribution in [-0.4, -0.2) is 22.9 Å². The van der Waals surface area contributed by atoms with Crippen LogP contribution in [0.3, 0.4) is 0 Å². The standard InChI is InChI=1S/C18H21NO3S2/c1-3-4-11-23-13(2)18(21)22-15-9-7-14(8-10-15)19-17(20)16-6-5-12-24-16/h5-10,12-13H,3-4,11H2,1-2H3,(H,19,20). The smallest absolute Gasteiger partial charge is 0.324 e. The minimum Gasteiger partial charge on any atom is -0.426 e. The molecule has 1 heterocycles. The molecule has 1 N–H and O–H groups in total. The van der Waals surface area contributed by atoms with Gasteiger partial charge in [-0.05, 0) is 54.8 Å². The van der Waals surface area contributed by atoms with Gasteiger partial charge >= 0.3 is 5.97 Å². The molecule has 0 radical (unpaired) electrons. The lowest BCUT2D eigenvalue weighted by molar-refractivity contribution is -0.133. The van der Waals surface area contributed by atoms with Crippen LogP contribution in [0.15, 0.2) is 41.8 Å². The highest BCUT2D eigenvalue weighted by atomic mass is 32.2. The van der Waals surface area contributed by atoms with Gasteiger partial charge in [0, 0.05) is 5.69 Å². The molecule has 1 aromatic carbocycles. The third-order valence-corrected chi connectivity index (χ3v) is 5.36. The van der Waals surface area contributed by atoms with Crippen LogP contribution in [0.5, 0.6) is 5.75 Å². The highest BCUT2D eigenvalue weighted by molar-refractivity contribution is 8.00. The number of unbranched alkanes of at least 4 members (excludes halogenated alkanes) is 1. The maximum absolute atomic E-state index is 12.0. The molecule has 1 amide bonds. The van der Waals surface area contributed by atoms with E-state index in [1.807, 2.05) is 18.4 Å². The molecule has 1 aromatic heterocycles. The molecule has 2 aromatic rings. The summed E-state index contributed by atoms with van der Waals surface area (Å²) in [4.78, 5) is 24.6. The first kappa shape index (κ1) is 18.5. The van der Waals surface area contributed by atoms with Crippen LogP contribution in [0, 0.1) is 0 Å². The van der Waals surface area contributed by atoms with Gasteiger partial charge in [-0.2, -0.15) is 0 Å². The fourth-order valence-corrected chi connectivity index (χ4v) is 3.49. The number of ether oxygens (including phenoxy) is 1. The Hall–Kier alpha value is -1.79. The molecule has 0 spiro atoms. The normalized spacial score (nSPS) is 11.8. The molecule has 2 rings (SSSR count). The number of hydrogen-bond acceptors (Lipinski definition) is 5. The number of rotatable bonds is 8. The zero-order chi connectivity index (χ0) is 17.4. The van der Waals surface area contributed by atoms with Crippen molar-refractivity contribution in [1.82, 2.24) is 0 Å². The van der Waals surface area contributed by atoms with Crippen LogP contribution in [-0.2, 0) is 4.79 Å². The van der Waals surface area contributed by atoms with Crippen molar-refractivity contribution in [3.8, 4) is 5.75 Å². The number of amides is 1. The number of esters is 1. The Morgan fingerprint density at radius 1 is 1.25 bits per heavy atom. The quantitative estimate of drug-likeness (QED) is 0.415. The molecule has 1 atom stereocenters. The summed E-state index contributed by atoms with van der Waals surface area (Å²) in [6, 6.07) is 10.4. The third kappa shape index (κ3) is 5.69. The van der Waals surface area contributed by atoms with E-state index in [1.165, 1.54) is 11.3 Å². The van der Waals surface area contributed by atoms with Crippen molar-refractivity contribution in [3.05, 3.63) is 46.7 Å². The molecule has 0 saturated carbocycles. The van der Waals surface area contributed by atoms with Gasteiger partial charge in [0.25, 0.3) is 5.91 Å². The Labute approximate surface area is 150 Å². The van der Waals surface area contributed by atoms with Crippen molar-refractivity contribution < 1.29 is 14.3 Å². The molecule has 0 aliphatic heterocycles. The van der Waals surface area contributed by atoms with Crippen LogP contribution in [0.1, 0.15) is 36.4 Å². The van der Waals surface area contributed by atoms with E-state index in [0.717, 1.165) is 18.6 Å². The maximum atomic E-state index is 12.0. The lowest BCUT2D eigenvalue weighted by Crippen LogP contribution is -2.20. The minimum atomic E-state index is -0.244. The number of thiophene rings is 1. The van der Waals surface area contributed by atoms with Crippen molar-refractivity contribution in [2.75, 3.05) is 11.1 Å². The first-order valence-electron chi connectivity index (χ1n) is 7.88. The SMILES string of the molecule is CCCCSC(C)C(=O)Oc1ccc(NC(=O)c2cccs2)cc1. The number of thioether (sulfide) groups is 1. The van der Waals surface area contributed by atoms with E-state index in [1.54, 1.807) is 42.1 Å². The monoisotopic (exact) mass is 363 g/mol. The average molecular weight is 364 g/mol. The molecule has 128 valence electrons. The predicted octanol–water partition coefficient (Wildman–Crippen LogP) is 4.83. The average Bonchev–Trinajstić information content (AvgIpc) is 3.11. The van der Waals surface area contributed by atoms with Crippen LogP contribution in [0.25, 0.3) is 0 Å². The van der Waals surface area contributed by atoms with Crippen LogP contribution >= 0.6 is 23.1 Å². The predicted molar refractivity (Wildman–Crippen MR) is 101 cm³/mol. The first-order chi connectivity index (χ1) is 11.6. The van der Waals surface area contributed by atoms with E-state index in [0.29, 0.717) is 16.3 Å². The number of nitrogens with one attached hydrogen (secondary N) is 1. The summed E-state index contributed by atoms with van der Waals surface area (Å²) >= 11 is 3.00. The van der Waals surface area contributed by atoms with E-state index < -0.39 is 0 Å². The molecule has 24 heavy (non-hydrogen) atoms. The molecule has 0 saturated heterocycles. The summed E-state index contributed by atoms with van der Waals surface area (Å²) in [6.07, 6.45) is 2.22. The van der Waals surface area contributed by atoms with Gasteiger partial charge in [-0.15, -0.1) is 23.1 Å². The number of benzene rings is 1. The minimum absolute atomic E-state index is 0.143. The van der Waals surface area contributed by atoms with Crippen LogP contribution in [0.4, 0.5) is 5.69 Å². The van der Waals surface area contributed by atoms with Crippen molar-refractivity contribution in [2.24, 2.45) is 0 Å². The Kier molecular flexibility index (Phi) is 7.34. The largest absolute Gasteiger partial charge is 0.426 e. The second kappa shape index (κ2) is 9.49. The zero-order valence-corrected chi connectivity index (χ0v) is 15.4. The number of hydrogen-bond donors (Lipinski definition) is 1. The van der Waals surface area contributed by atoms with Gasteiger partial charge in [0.1, 0.15) is 11.0 Å². The number of carbonyl (C=O) groups excluding carboxylic acids is 2. The fraction of sp³-hybridized carbons (Fsp3) is 0.333. The zero-order valence-electron chi connectivity index (χ0n) is 13.8. The maximum Gasteiger partial charge on any atom is 0.324 e. The van der Waals surface area contributed by atoms with Crippen molar-refractivity contribution >= 4 is 40.7 Å². The molecule has 0 fully saturated rings. The molecule has 0 aliphatic carbocycles. The summed E-state index contributed by atoms with van der Waals surface area (Å²) in [7, 11) is 0. The Morgan fingerprint density at radius 3 is 2.62 bits per heavy atom. The summed E-state index contributed by atoms with van der Waals surface area (Å²) in [6.45, 7) is 3.99. The summed E-state index contributed by atoms with van der Waals surface area (Å²) in [5.41, 5.74) is 0.665. The number of anilines is 1. The summed E-state index contributed by atoms with van der Waals surface area (Å²) in [5, 5.41) is 4.48. The molecule has 6 heteroatoms. The van der Waals surface area contributed by atoms with Gasteiger partial charge in [-0.1, -0.05) is 19.4 Å². The van der Waals surface area contributed by atoms with Gasteiger partial charge in [0.05, 0.1) is 4.88 Å². The lowest BCUT2D eigenvalue weighted by atomic mass is 10.3. The van der Waals surface area contributed by atoms with Crippen molar-refractivity contribution in [3.63, 3.8) is 0 Å². The van der Waals surface area contributed by atoms with Gasteiger partial charge in [0.15, 0.2) is 0 Å². The van der Waals surface area contributed by atoms with Crippen molar-refractivity contribution in [2.45, 2.75) is 31.9 Å². The second-order valence-corrected chi connectivity index (χ2v) is 7.64. The van der Waals surface area contributed by atoms with E-state index >= 15 is 0 Å². The molecule has 0 bridgehead atoms. The van der Waals surface area contributed by atoms with Gasteiger partial charge in [-0.3, -0.25) is 9.59 Å². The fourth-order valence-electron chi connectivity index (χ4n) is 1.88. The molecule has 1 unspecified atom stereocenters. The van der Waals surface area contributed by atoms with E-state index in [-0.39, 0.29) is 17.1 Å².